The first-order valence-corrected chi connectivity index (χ1v) is 4.81. The van der Waals surface area contributed by atoms with E-state index < -0.39 is 11.9 Å². The molecule has 1 aromatic rings. The Kier molecular flexibility index (Phi) is 4.27. The second-order valence-electron chi connectivity index (χ2n) is 3.02. The van der Waals surface area contributed by atoms with Gasteiger partial charge in [-0.25, -0.2) is 9.59 Å². The Hall–Kier alpha value is -2.10. The average molecular weight is 220 g/mol. The summed E-state index contributed by atoms with van der Waals surface area (Å²) in [4.78, 5) is 21.7. The minimum Gasteiger partial charge on any atom is -0.478 e. The van der Waals surface area contributed by atoms with Crippen molar-refractivity contribution in [3.8, 4) is 0 Å². The van der Waals surface area contributed by atoms with Gasteiger partial charge < -0.3 is 9.84 Å². The van der Waals surface area contributed by atoms with E-state index in [2.05, 4.69) is 0 Å². The van der Waals surface area contributed by atoms with Crippen LogP contribution in [0.15, 0.2) is 30.3 Å². The molecule has 0 radical (unpaired) electrons. The monoisotopic (exact) mass is 220 g/mol. The highest BCUT2D eigenvalue weighted by Crippen LogP contribution is 2.08. The van der Waals surface area contributed by atoms with Crippen LogP contribution in [0, 0.1) is 0 Å². The predicted molar refractivity (Wildman–Crippen MR) is 59.1 cm³/mol. The summed E-state index contributed by atoms with van der Waals surface area (Å²) in [6, 6.07) is 6.59. The highest BCUT2D eigenvalue weighted by molar-refractivity contribution is 5.91. The van der Waals surface area contributed by atoms with Gasteiger partial charge in [0.15, 0.2) is 0 Å². The van der Waals surface area contributed by atoms with Crippen LogP contribution in [0.5, 0.6) is 0 Å². The van der Waals surface area contributed by atoms with Crippen molar-refractivity contribution in [2.24, 2.45) is 0 Å². The summed E-state index contributed by atoms with van der Waals surface area (Å²) >= 11 is 0. The molecule has 0 aromatic heterocycles. The summed E-state index contributed by atoms with van der Waals surface area (Å²) in [7, 11) is 0. The maximum Gasteiger partial charge on any atom is 0.338 e. The van der Waals surface area contributed by atoms with Crippen molar-refractivity contribution in [2.45, 2.75) is 6.92 Å². The van der Waals surface area contributed by atoms with Gasteiger partial charge in [0, 0.05) is 6.08 Å². The molecule has 4 nitrogen and oxygen atoms in total. The zero-order valence-corrected chi connectivity index (χ0v) is 8.84. The molecular weight excluding hydrogens is 208 g/mol. The maximum absolute atomic E-state index is 11.4. The molecule has 0 bridgehead atoms. The number of carbonyl (C=O) groups is 2. The molecule has 0 heterocycles. The van der Waals surface area contributed by atoms with Crippen molar-refractivity contribution >= 4 is 18.0 Å². The Morgan fingerprint density at radius 2 is 2.19 bits per heavy atom. The van der Waals surface area contributed by atoms with E-state index in [1.807, 2.05) is 0 Å². The van der Waals surface area contributed by atoms with Crippen LogP contribution < -0.4 is 0 Å². The van der Waals surface area contributed by atoms with E-state index in [1.165, 1.54) is 6.08 Å². The lowest BCUT2D eigenvalue weighted by Gasteiger charge is -2.02. The number of carbonyl (C=O) groups excluding carboxylic acids is 1. The van der Waals surface area contributed by atoms with Crippen LogP contribution >= 0.6 is 0 Å². The molecule has 0 aliphatic heterocycles. The first-order valence-electron chi connectivity index (χ1n) is 4.81. The van der Waals surface area contributed by atoms with E-state index in [0.29, 0.717) is 17.7 Å². The van der Waals surface area contributed by atoms with E-state index in [1.54, 1.807) is 31.2 Å². The fraction of sp³-hybridized carbons (Fsp3) is 0.167. The van der Waals surface area contributed by atoms with Crippen LogP contribution in [0.1, 0.15) is 22.8 Å². The number of aliphatic carboxylic acids is 1. The summed E-state index contributed by atoms with van der Waals surface area (Å²) in [5.41, 5.74) is 1.06. The molecule has 0 atom stereocenters. The third kappa shape index (κ3) is 3.57. The van der Waals surface area contributed by atoms with Crippen LogP contribution in [0.2, 0.25) is 0 Å². The molecule has 0 saturated heterocycles. The molecule has 0 unspecified atom stereocenters. The minimum atomic E-state index is -1.03. The molecule has 0 aliphatic carbocycles. The van der Waals surface area contributed by atoms with Gasteiger partial charge in [-0.2, -0.15) is 0 Å². The summed E-state index contributed by atoms with van der Waals surface area (Å²) < 4.78 is 4.83. The van der Waals surface area contributed by atoms with Crippen LogP contribution in [-0.2, 0) is 9.53 Å². The first kappa shape index (κ1) is 12.0. The largest absolute Gasteiger partial charge is 0.478 e. The number of hydrogen-bond acceptors (Lipinski definition) is 3. The molecule has 16 heavy (non-hydrogen) atoms. The summed E-state index contributed by atoms with van der Waals surface area (Å²) in [5.74, 6) is -1.44. The smallest absolute Gasteiger partial charge is 0.338 e. The van der Waals surface area contributed by atoms with Gasteiger partial charge in [-0.3, -0.25) is 0 Å². The van der Waals surface area contributed by atoms with Gasteiger partial charge in [-0.15, -0.1) is 0 Å². The molecule has 4 heteroatoms. The molecule has 84 valence electrons. The zero-order valence-electron chi connectivity index (χ0n) is 8.84. The van der Waals surface area contributed by atoms with E-state index in [0.717, 1.165) is 6.08 Å². The Labute approximate surface area is 93.2 Å². The van der Waals surface area contributed by atoms with Gasteiger partial charge in [-0.05, 0) is 30.7 Å². The Bertz CT molecular complexity index is 421. The van der Waals surface area contributed by atoms with Crippen molar-refractivity contribution in [2.75, 3.05) is 6.61 Å². The minimum absolute atomic E-state index is 0.314. The highest BCUT2D eigenvalue weighted by Gasteiger charge is 2.05. The van der Waals surface area contributed by atoms with Gasteiger partial charge in [-0.1, -0.05) is 12.1 Å². The molecule has 0 saturated carbocycles. The summed E-state index contributed by atoms with van der Waals surface area (Å²) in [6.45, 7) is 2.04. The van der Waals surface area contributed by atoms with Crippen LogP contribution in [0.4, 0.5) is 0 Å². The van der Waals surface area contributed by atoms with Crippen molar-refractivity contribution in [3.63, 3.8) is 0 Å². The van der Waals surface area contributed by atoms with Gasteiger partial charge in [0.2, 0.25) is 0 Å². The van der Waals surface area contributed by atoms with Crippen molar-refractivity contribution in [1.29, 1.82) is 0 Å². The van der Waals surface area contributed by atoms with Crippen LogP contribution in [-0.4, -0.2) is 23.7 Å². The van der Waals surface area contributed by atoms with Gasteiger partial charge in [0.05, 0.1) is 12.2 Å². The third-order valence-electron chi connectivity index (χ3n) is 1.82. The number of esters is 1. The van der Waals surface area contributed by atoms with E-state index >= 15 is 0 Å². The first-order chi connectivity index (χ1) is 7.63. The molecule has 0 spiro atoms. The molecule has 1 rings (SSSR count). The van der Waals surface area contributed by atoms with Gasteiger partial charge in [0.1, 0.15) is 0 Å². The van der Waals surface area contributed by atoms with E-state index in [9.17, 15) is 9.59 Å². The molecule has 0 amide bonds. The lowest BCUT2D eigenvalue weighted by atomic mass is 10.1. The number of benzene rings is 1. The Morgan fingerprint density at radius 3 is 2.81 bits per heavy atom. The Balaban J connectivity index is 2.86. The number of rotatable bonds is 4. The van der Waals surface area contributed by atoms with Crippen molar-refractivity contribution in [3.05, 3.63) is 41.5 Å². The highest BCUT2D eigenvalue weighted by atomic mass is 16.5. The second kappa shape index (κ2) is 5.70. The standard InChI is InChI=1S/C12H12O4/c1-2-16-12(15)10-5-3-4-9(8-10)6-7-11(13)14/h3-8H,2H2,1H3,(H,13,14)/b7-6+. The normalized spacial score (nSPS) is 10.3. The predicted octanol–water partition coefficient (Wildman–Crippen LogP) is 1.96. The number of ether oxygens (including phenoxy) is 1. The molecule has 1 aromatic carbocycles. The molecule has 0 fully saturated rings. The quantitative estimate of drug-likeness (QED) is 0.622. The van der Waals surface area contributed by atoms with Crippen LogP contribution in [0.3, 0.4) is 0 Å². The lowest BCUT2D eigenvalue weighted by Crippen LogP contribution is -2.04. The Morgan fingerprint density at radius 1 is 1.44 bits per heavy atom. The van der Waals surface area contributed by atoms with Gasteiger partial charge in [0.25, 0.3) is 0 Å². The number of hydrogen-bond donors (Lipinski definition) is 1. The van der Waals surface area contributed by atoms with E-state index in [4.69, 9.17) is 9.84 Å². The van der Waals surface area contributed by atoms with Crippen molar-refractivity contribution in [1.82, 2.24) is 0 Å². The number of carboxylic acid groups (broad SMARTS) is 1. The zero-order chi connectivity index (χ0) is 12.0. The van der Waals surface area contributed by atoms with Crippen molar-refractivity contribution < 1.29 is 19.4 Å². The topological polar surface area (TPSA) is 63.6 Å². The average Bonchev–Trinajstić information content (AvgIpc) is 2.27. The van der Waals surface area contributed by atoms with Gasteiger partial charge >= 0.3 is 11.9 Å². The number of carboxylic acids is 1. The fourth-order valence-electron chi connectivity index (χ4n) is 1.15. The second-order valence-corrected chi connectivity index (χ2v) is 3.02. The van der Waals surface area contributed by atoms with Crippen LogP contribution in [0.25, 0.3) is 6.08 Å². The third-order valence-corrected chi connectivity index (χ3v) is 1.82. The maximum atomic E-state index is 11.4. The molecular formula is C12H12O4. The SMILES string of the molecule is CCOC(=O)c1cccc(/C=C/C(=O)O)c1. The molecule has 0 aliphatic rings. The molecule has 1 N–H and O–H groups in total. The fourth-order valence-corrected chi connectivity index (χ4v) is 1.15. The summed E-state index contributed by atoms with van der Waals surface area (Å²) in [5, 5.41) is 8.46. The summed E-state index contributed by atoms with van der Waals surface area (Å²) in [6.07, 6.45) is 2.44. The van der Waals surface area contributed by atoms with E-state index in [-0.39, 0.29) is 0 Å². The lowest BCUT2D eigenvalue weighted by molar-refractivity contribution is -0.131.